The van der Waals surface area contributed by atoms with E-state index in [1.807, 2.05) is 12.1 Å². The zero-order chi connectivity index (χ0) is 15.3. The number of hydrogen-bond acceptors (Lipinski definition) is 2. The van der Waals surface area contributed by atoms with Crippen LogP contribution >= 0.6 is 15.9 Å². The Bertz CT molecular complexity index is 437. The highest BCUT2D eigenvalue weighted by atomic mass is 79.9. The van der Waals surface area contributed by atoms with Gasteiger partial charge in [-0.2, -0.15) is 0 Å². The summed E-state index contributed by atoms with van der Waals surface area (Å²) in [5, 5.41) is 8.96. The van der Waals surface area contributed by atoms with Crippen LogP contribution in [-0.4, -0.2) is 28.1 Å². The molecule has 3 nitrogen and oxygen atoms in total. The van der Waals surface area contributed by atoms with Crippen LogP contribution in [0, 0.1) is 0 Å². The highest BCUT2D eigenvalue weighted by Gasteiger charge is 2.29. The summed E-state index contributed by atoms with van der Waals surface area (Å²) in [6.45, 7) is 9.11. The van der Waals surface area contributed by atoms with Crippen molar-refractivity contribution in [1.82, 2.24) is 4.90 Å². The number of carbonyl (C=O) groups is 1. The van der Waals surface area contributed by atoms with E-state index in [-0.39, 0.29) is 18.0 Å². The molecule has 0 spiro atoms. The van der Waals surface area contributed by atoms with Crippen LogP contribution < -0.4 is 0 Å². The molecule has 0 aliphatic carbocycles. The smallest absolute Gasteiger partial charge is 0.304 e. The van der Waals surface area contributed by atoms with E-state index in [1.54, 1.807) is 0 Å². The maximum atomic E-state index is 10.9. The fourth-order valence-electron chi connectivity index (χ4n) is 2.50. The predicted octanol–water partition coefficient (Wildman–Crippen LogP) is 4.48. The van der Waals surface area contributed by atoms with Gasteiger partial charge < -0.3 is 5.11 Å². The van der Waals surface area contributed by atoms with Gasteiger partial charge in [-0.25, -0.2) is 0 Å². The van der Waals surface area contributed by atoms with Crippen molar-refractivity contribution < 1.29 is 9.90 Å². The van der Waals surface area contributed by atoms with Gasteiger partial charge in [0.25, 0.3) is 0 Å². The van der Waals surface area contributed by atoms with Crippen LogP contribution in [0.4, 0.5) is 0 Å². The normalized spacial score (nSPS) is 13.5. The first-order chi connectivity index (χ1) is 9.25. The standard InChI is InChI=1S/C16H24BrNO2/c1-5-14(12-6-8-13(17)9-7-12)18(16(2,3)4)11-10-15(19)20/h6-9,14H,5,10-11H2,1-4H3,(H,19,20). The predicted molar refractivity (Wildman–Crippen MR) is 85.9 cm³/mol. The van der Waals surface area contributed by atoms with Crippen molar-refractivity contribution in [2.45, 2.75) is 52.1 Å². The van der Waals surface area contributed by atoms with Gasteiger partial charge in [0.2, 0.25) is 0 Å². The van der Waals surface area contributed by atoms with E-state index in [0.29, 0.717) is 6.54 Å². The molecule has 1 rings (SSSR count). The molecule has 1 N–H and O–H groups in total. The number of aliphatic carboxylic acids is 1. The fraction of sp³-hybridized carbons (Fsp3) is 0.562. The summed E-state index contributed by atoms with van der Waals surface area (Å²) >= 11 is 3.45. The van der Waals surface area contributed by atoms with Gasteiger partial charge in [-0.15, -0.1) is 0 Å². The first-order valence-electron chi connectivity index (χ1n) is 6.99. The second kappa shape index (κ2) is 7.23. The summed E-state index contributed by atoms with van der Waals surface area (Å²) in [6, 6.07) is 8.53. The summed E-state index contributed by atoms with van der Waals surface area (Å²) in [6.07, 6.45) is 1.13. The molecular formula is C16H24BrNO2. The van der Waals surface area contributed by atoms with Crippen LogP contribution in [0.25, 0.3) is 0 Å². The highest BCUT2D eigenvalue weighted by Crippen LogP contribution is 2.31. The third-order valence-electron chi connectivity index (χ3n) is 3.45. The minimum Gasteiger partial charge on any atom is -0.481 e. The van der Waals surface area contributed by atoms with Crippen LogP contribution in [0.5, 0.6) is 0 Å². The second-order valence-electron chi connectivity index (χ2n) is 5.98. The molecule has 1 atom stereocenters. The molecule has 0 saturated carbocycles. The molecular weight excluding hydrogens is 318 g/mol. The van der Waals surface area contributed by atoms with E-state index in [2.05, 4.69) is 60.7 Å². The van der Waals surface area contributed by atoms with Gasteiger partial charge in [0.15, 0.2) is 0 Å². The maximum absolute atomic E-state index is 10.9. The lowest BCUT2D eigenvalue weighted by atomic mass is 9.95. The van der Waals surface area contributed by atoms with Crippen molar-refractivity contribution in [1.29, 1.82) is 0 Å². The molecule has 0 aliphatic heterocycles. The minimum atomic E-state index is -0.745. The van der Waals surface area contributed by atoms with Crippen LogP contribution in [0.2, 0.25) is 0 Å². The molecule has 0 heterocycles. The van der Waals surface area contributed by atoms with Crippen molar-refractivity contribution in [3.05, 3.63) is 34.3 Å². The van der Waals surface area contributed by atoms with Crippen molar-refractivity contribution in [2.75, 3.05) is 6.54 Å². The summed E-state index contributed by atoms with van der Waals surface area (Å²) in [4.78, 5) is 13.2. The summed E-state index contributed by atoms with van der Waals surface area (Å²) in [5.74, 6) is -0.745. The van der Waals surface area contributed by atoms with Crippen LogP contribution in [0.1, 0.15) is 52.1 Å². The largest absolute Gasteiger partial charge is 0.481 e. The van der Waals surface area contributed by atoms with Crippen LogP contribution in [0.3, 0.4) is 0 Å². The summed E-state index contributed by atoms with van der Waals surface area (Å²) in [5.41, 5.74) is 1.17. The number of rotatable bonds is 6. The van der Waals surface area contributed by atoms with Gasteiger partial charge in [-0.3, -0.25) is 9.69 Å². The van der Waals surface area contributed by atoms with Crippen LogP contribution in [-0.2, 0) is 4.79 Å². The van der Waals surface area contributed by atoms with Gasteiger partial charge >= 0.3 is 5.97 Å². The third-order valence-corrected chi connectivity index (χ3v) is 3.97. The van der Waals surface area contributed by atoms with E-state index in [1.165, 1.54) is 5.56 Å². The first kappa shape index (κ1) is 17.2. The Morgan fingerprint density at radius 2 is 1.85 bits per heavy atom. The Morgan fingerprint density at radius 3 is 2.25 bits per heavy atom. The molecule has 112 valence electrons. The molecule has 20 heavy (non-hydrogen) atoms. The van der Waals surface area contributed by atoms with Crippen molar-refractivity contribution in [3.8, 4) is 0 Å². The molecule has 4 heteroatoms. The number of halogens is 1. The zero-order valence-corrected chi connectivity index (χ0v) is 14.3. The molecule has 1 aromatic carbocycles. The second-order valence-corrected chi connectivity index (χ2v) is 6.90. The number of carboxylic acid groups (broad SMARTS) is 1. The van der Waals surface area contributed by atoms with E-state index in [4.69, 9.17) is 5.11 Å². The average molecular weight is 342 g/mol. The highest BCUT2D eigenvalue weighted by molar-refractivity contribution is 9.10. The fourth-order valence-corrected chi connectivity index (χ4v) is 2.76. The first-order valence-corrected chi connectivity index (χ1v) is 7.79. The number of hydrogen-bond donors (Lipinski definition) is 1. The topological polar surface area (TPSA) is 40.5 Å². The summed E-state index contributed by atoms with van der Waals surface area (Å²) in [7, 11) is 0. The molecule has 0 saturated heterocycles. The molecule has 0 radical (unpaired) electrons. The minimum absolute atomic E-state index is 0.0663. The van der Waals surface area contributed by atoms with Gasteiger partial charge in [0.05, 0.1) is 6.42 Å². The number of benzene rings is 1. The van der Waals surface area contributed by atoms with E-state index >= 15 is 0 Å². The molecule has 0 fully saturated rings. The maximum Gasteiger partial charge on any atom is 0.304 e. The molecule has 0 aliphatic rings. The lowest BCUT2D eigenvalue weighted by Gasteiger charge is -2.41. The SMILES string of the molecule is CCC(c1ccc(Br)cc1)N(CCC(=O)O)C(C)(C)C. The van der Waals surface area contributed by atoms with Crippen LogP contribution in [0.15, 0.2) is 28.7 Å². The van der Waals surface area contributed by atoms with E-state index < -0.39 is 5.97 Å². The Balaban J connectivity index is 3.01. The number of carboxylic acids is 1. The molecule has 0 amide bonds. The Kier molecular flexibility index (Phi) is 6.21. The molecule has 1 aromatic rings. The summed E-state index contributed by atoms with van der Waals surface area (Å²) < 4.78 is 1.06. The van der Waals surface area contributed by atoms with Gasteiger partial charge in [-0.05, 0) is 44.9 Å². The van der Waals surface area contributed by atoms with Gasteiger partial charge in [0.1, 0.15) is 0 Å². The molecule has 0 aromatic heterocycles. The van der Waals surface area contributed by atoms with Gasteiger partial charge in [0, 0.05) is 22.6 Å². The van der Waals surface area contributed by atoms with Crippen molar-refractivity contribution >= 4 is 21.9 Å². The third kappa shape index (κ3) is 4.91. The van der Waals surface area contributed by atoms with Gasteiger partial charge in [-0.1, -0.05) is 35.0 Å². The molecule has 1 unspecified atom stereocenters. The van der Waals surface area contributed by atoms with E-state index in [0.717, 1.165) is 10.9 Å². The molecule has 0 bridgehead atoms. The monoisotopic (exact) mass is 341 g/mol. The Labute approximate surface area is 130 Å². The Hall–Kier alpha value is -0.870. The lowest BCUT2D eigenvalue weighted by Crippen LogP contribution is -2.44. The quantitative estimate of drug-likeness (QED) is 0.829. The van der Waals surface area contributed by atoms with Crippen molar-refractivity contribution in [3.63, 3.8) is 0 Å². The van der Waals surface area contributed by atoms with E-state index in [9.17, 15) is 4.79 Å². The Morgan fingerprint density at radius 1 is 1.30 bits per heavy atom. The zero-order valence-electron chi connectivity index (χ0n) is 12.7. The number of nitrogens with zero attached hydrogens (tertiary/aromatic N) is 1. The van der Waals surface area contributed by atoms with Crippen molar-refractivity contribution in [2.24, 2.45) is 0 Å². The average Bonchev–Trinajstić information content (AvgIpc) is 2.34. The lowest BCUT2D eigenvalue weighted by molar-refractivity contribution is -0.137.